The first-order valence-electron chi connectivity index (χ1n) is 7.56. The van der Waals surface area contributed by atoms with Crippen molar-refractivity contribution in [2.45, 2.75) is 45.1 Å². The first kappa shape index (κ1) is 16.7. The molecule has 0 bridgehead atoms. The highest BCUT2D eigenvalue weighted by atomic mass is 35.5. The van der Waals surface area contributed by atoms with E-state index in [4.69, 9.17) is 11.6 Å². The number of carbonyl (C=O) groups excluding carboxylic acids is 2. The predicted octanol–water partition coefficient (Wildman–Crippen LogP) is 3.50. The standard InChI is InChI=1S/C16H20ClFN2O2/c1-2-10-3-6-12(7-4-10)19-15(21)16(22)20-14-8-5-11(17)9-13(14)18/h5,8-10,12H,2-4,6-7H2,1H3,(H,19,21)(H,20,22). The second-order valence-corrected chi connectivity index (χ2v) is 6.11. The van der Waals surface area contributed by atoms with Gasteiger partial charge in [0, 0.05) is 11.1 Å². The summed E-state index contributed by atoms with van der Waals surface area (Å²) in [5.41, 5.74) is -0.0563. The van der Waals surface area contributed by atoms with Gasteiger partial charge >= 0.3 is 11.8 Å². The zero-order valence-electron chi connectivity index (χ0n) is 12.5. The molecule has 1 fully saturated rings. The molecule has 0 unspecified atom stereocenters. The minimum absolute atomic E-state index is 0.0242. The summed E-state index contributed by atoms with van der Waals surface area (Å²) in [7, 11) is 0. The van der Waals surface area contributed by atoms with Gasteiger partial charge in [-0.1, -0.05) is 24.9 Å². The zero-order valence-corrected chi connectivity index (χ0v) is 13.3. The summed E-state index contributed by atoms with van der Waals surface area (Å²) in [5, 5.41) is 5.21. The smallest absolute Gasteiger partial charge is 0.313 e. The highest BCUT2D eigenvalue weighted by Crippen LogP contribution is 2.26. The van der Waals surface area contributed by atoms with Crippen LogP contribution in [0.5, 0.6) is 0 Å². The predicted molar refractivity (Wildman–Crippen MR) is 84.2 cm³/mol. The van der Waals surface area contributed by atoms with Gasteiger partial charge in [-0.15, -0.1) is 0 Å². The van der Waals surface area contributed by atoms with Gasteiger partial charge in [0.15, 0.2) is 0 Å². The molecule has 0 aromatic heterocycles. The maximum absolute atomic E-state index is 13.6. The van der Waals surface area contributed by atoms with Gasteiger partial charge in [-0.05, 0) is 49.8 Å². The van der Waals surface area contributed by atoms with Crippen molar-refractivity contribution in [1.82, 2.24) is 5.32 Å². The van der Waals surface area contributed by atoms with E-state index in [2.05, 4.69) is 17.6 Å². The van der Waals surface area contributed by atoms with Crippen molar-refractivity contribution in [3.8, 4) is 0 Å². The number of amides is 2. The Morgan fingerprint density at radius 3 is 2.50 bits per heavy atom. The van der Waals surface area contributed by atoms with Crippen LogP contribution in [0.25, 0.3) is 0 Å². The number of rotatable bonds is 3. The van der Waals surface area contributed by atoms with Crippen molar-refractivity contribution in [2.24, 2.45) is 5.92 Å². The Hall–Kier alpha value is -1.62. The van der Waals surface area contributed by atoms with Crippen LogP contribution in [0.2, 0.25) is 5.02 Å². The van der Waals surface area contributed by atoms with Gasteiger partial charge in [0.1, 0.15) is 5.82 Å². The lowest BCUT2D eigenvalue weighted by atomic mass is 9.84. The van der Waals surface area contributed by atoms with Gasteiger partial charge in [0.05, 0.1) is 5.69 Å². The average molecular weight is 327 g/mol. The second-order valence-electron chi connectivity index (χ2n) is 5.68. The molecule has 4 nitrogen and oxygen atoms in total. The SMILES string of the molecule is CCC1CCC(NC(=O)C(=O)Nc2ccc(Cl)cc2F)CC1. The first-order chi connectivity index (χ1) is 10.5. The topological polar surface area (TPSA) is 58.2 Å². The molecular weight excluding hydrogens is 307 g/mol. The van der Waals surface area contributed by atoms with Crippen LogP contribution in [0, 0.1) is 11.7 Å². The molecule has 1 aliphatic carbocycles. The Morgan fingerprint density at radius 2 is 1.91 bits per heavy atom. The third-order valence-corrected chi connectivity index (χ3v) is 4.38. The summed E-state index contributed by atoms with van der Waals surface area (Å²) in [6.45, 7) is 2.16. The summed E-state index contributed by atoms with van der Waals surface area (Å²) in [6.07, 6.45) is 5.04. The molecular formula is C16H20ClFN2O2. The molecule has 1 saturated carbocycles. The van der Waals surface area contributed by atoms with Crippen LogP contribution in [-0.4, -0.2) is 17.9 Å². The van der Waals surface area contributed by atoms with E-state index in [0.29, 0.717) is 5.92 Å². The quantitative estimate of drug-likeness (QED) is 0.835. The molecule has 0 atom stereocenters. The van der Waals surface area contributed by atoms with Crippen molar-refractivity contribution in [1.29, 1.82) is 0 Å². The lowest BCUT2D eigenvalue weighted by Crippen LogP contribution is -2.43. The number of anilines is 1. The number of benzene rings is 1. The van der Waals surface area contributed by atoms with Crippen molar-refractivity contribution in [2.75, 3.05) is 5.32 Å². The highest BCUT2D eigenvalue weighted by Gasteiger charge is 2.24. The summed E-state index contributed by atoms with van der Waals surface area (Å²) < 4.78 is 13.6. The lowest BCUT2D eigenvalue weighted by Gasteiger charge is -2.28. The third kappa shape index (κ3) is 4.44. The van der Waals surface area contributed by atoms with Crippen LogP contribution in [0.15, 0.2) is 18.2 Å². The molecule has 2 amide bonds. The van der Waals surface area contributed by atoms with Crippen LogP contribution in [0.4, 0.5) is 10.1 Å². The van der Waals surface area contributed by atoms with Crippen molar-refractivity contribution < 1.29 is 14.0 Å². The fraction of sp³-hybridized carbons (Fsp3) is 0.500. The zero-order chi connectivity index (χ0) is 16.1. The van der Waals surface area contributed by atoms with Crippen molar-refractivity contribution >= 4 is 29.1 Å². The average Bonchev–Trinajstić information content (AvgIpc) is 2.50. The summed E-state index contributed by atoms with van der Waals surface area (Å²) in [5.74, 6) is -1.55. The van der Waals surface area contributed by atoms with Crippen molar-refractivity contribution in [3.05, 3.63) is 29.0 Å². The highest BCUT2D eigenvalue weighted by molar-refractivity contribution is 6.39. The second kappa shape index (κ2) is 7.58. The summed E-state index contributed by atoms with van der Waals surface area (Å²) >= 11 is 5.64. The van der Waals surface area contributed by atoms with E-state index in [9.17, 15) is 14.0 Å². The number of halogens is 2. The number of hydrogen-bond acceptors (Lipinski definition) is 2. The molecule has 1 aliphatic rings. The molecule has 2 N–H and O–H groups in total. The lowest BCUT2D eigenvalue weighted by molar-refractivity contribution is -0.136. The molecule has 1 aromatic carbocycles. The molecule has 0 heterocycles. The van der Waals surface area contributed by atoms with Crippen molar-refractivity contribution in [3.63, 3.8) is 0 Å². The Labute approximate surface area is 134 Å². The maximum atomic E-state index is 13.6. The van der Waals surface area contributed by atoms with E-state index in [1.165, 1.54) is 12.1 Å². The van der Waals surface area contributed by atoms with E-state index in [1.54, 1.807) is 0 Å². The Balaban J connectivity index is 1.86. The van der Waals surface area contributed by atoms with Gasteiger partial charge < -0.3 is 10.6 Å². The Bertz CT molecular complexity index is 557. The van der Waals surface area contributed by atoms with Crippen LogP contribution < -0.4 is 10.6 Å². The molecule has 22 heavy (non-hydrogen) atoms. The third-order valence-electron chi connectivity index (χ3n) is 4.14. The van der Waals surface area contributed by atoms with Gasteiger partial charge in [0.2, 0.25) is 0 Å². The largest absolute Gasteiger partial charge is 0.345 e. The maximum Gasteiger partial charge on any atom is 0.313 e. The summed E-state index contributed by atoms with van der Waals surface area (Å²) in [6, 6.07) is 3.89. The number of hydrogen-bond donors (Lipinski definition) is 2. The van der Waals surface area contributed by atoms with E-state index in [0.717, 1.165) is 38.2 Å². The monoisotopic (exact) mass is 326 g/mol. The Morgan fingerprint density at radius 1 is 1.23 bits per heavy atom. The molecule has 0 radical (unpaired) electrons. The first-order valence-corrected chi connectivity index (χ1v) is 7.94. The van der Waals surface area contributed by atoms with Gasteiger partial charge in [-0.3, -0.25) is 9.59 Å². The number of carbonyl (C=O) groups is 2. The van der Waals surface area contributed by atoms with E-state index < -0.39 is 17.6 Å². The van der Waals surface area contributed by atoms with Crippen LogP contribution in [-0.2, 0) is 9.59 Å². The minimum atomic E-state index is -0.862. The molecule has 2 rings (SSSR count). The van der Waals surface area contributed by atoms with Crippen LogP contribution in [0.1, 0.15) is 39.0 Å². The Kier molecular flexibility index (Phi) is 5.77. The molecule has 1 aromatic rings. The van der Waals surface area contributed by atoms with Crippen LogP contribution >= 0.6 is 11.6 Å². The fourth-order valence-corrected chi connectivity index (χ4v) is 2.89. The fourth-order valence-electron chi connectivity index (χ4n) is 2.74. The molecule has 0 saturated heterocycles. The normalized spacial score (nSPS) is 21.2. The van der Waals surface area contributed by atoms with Crippen LogP contribution in [0.3, 0.4) is 0 Å². The molecule has 0 aliphatic heterocycles. The van der Waals surface area contributed by atoms with Gasteiger partial charge in [-0.25, -0.2) is 4.39 Å². The number of nitrogens with one attached hydrogen (secondary N) is 2. The van der Waals surface area contributed by atoms with Gasteiger partial charge in [0.25, 0.3) is 0 Å². The molecule has 6 heteroatoms. The van der Waals surface area contributed by atoms with Gasteiger partial charge in [-0.2, -0.15) is 0 Å². The van der Waals surface area contributed by atoms with E-state index in [-0.39, 0.29) is 16.8 Å². The van der Waals surface area contributed by atoms with E-state index in [1.807, 2.05) is 0 Å². The summed E-state index contributed by atoms with van der Waals surface area (Å²) in [4.78, 5) is 23.7. The molecule has 0 spiro atoms. The minimum Gasteiger partial charge on any atom is -0.345 e. The van der Waals surface area contributed by atoms with E-state index >= 15 is 0 Å². The molecule has 120 valence electrons.